The van der Waals surface area contributed by atoms with E-state index in [9.17, 15) is 15.0 Å². The van der Waals surface area contributed by atoms with Gasteiger partial charge in [-0.15, -0.1) is 0 Å². The van der Waals surface area contributed by atoms with E-state index in [1.807, 2.05) is 13.8 Å². The van der Waals surface area contributed by atoms with Crippen molar-refractivity contribution in [1.29, 1.82) is 0 Å². The van der Waals surface area contributed by atoms with E-state index in [4.69, 9.17) is 4.74 Å². The number of carbonyl (C=O) groups excluding carboxylic acids is 1. The molecule has 1 aliphatic carbocycles. The fourth-order valence-electron chi connectivity index (χ4n) is 2.84. The average Bonchev–Trinajstić information content (AvgIpc) is 2.52. The number of ether oxygens (including phenoxy) is 1. The van der Waals surface area contributed by atoms with Gasteiger partial charge in [0.15, 0.2) is 0 Å². The van der Waals surface area contributed by atoms with Gasteiger partial charge in [-0.1, -0.05) is 29.9 Å². The molecule has 1 aliphatic heterocycles. The first-order valence-electron chi connectivity index (χ1n) is 6.49. The zero-order valence-corrected chi connectivity index (χ0v) is 11.3. The Labute approximate surface area is 113 Å². The Morgan fingerprint density at radius 3 is 2.42 bits per heavy atom. The van der Waals surface area contributed by atoms with Gasteiger partial charge in [-0.25, -0.2) is 4.79 Å². The fraction of sp³-hybridized carbons (Fsp3) is 0.533. The lowest BCUT2D eigenvalue weighted by Crippen LogP contribution is -2.30. The number of hydrogen-bond acceptors (Lipinski definition) is 4. The summed E-state index contributed by atoms with van der Waals surface area (Å²) in [5.74, 6) is -0.794. The van der Waals surface area contributed by atoms with Crippen molar-refractivity contribution < 1.29 is 19.7 Å². The van der Waals surface area contributed by atoms with Crippen molar-refractivity contribution in [1.82, 2.24) is 0 Å². The lowest BCUT2D eigenvalue weighted by Gasteiger charge is -2.25. The minimum atomic E-state index is -0.710. The maximum absolute atomic E-state index is 11.6. The minimum Gasteiger partial charge on any atom is -0.458 e. The number of hydrogen-bond donors (Lipinski definition) is 2. The van der Waals surface area contributed by atoms with Crippen LogP contribution in [0.3, 0.4) is 0 Å². The van der Waals surface area contributed by atoms with Crippen LogP contribution in [-0.4, -0.2) is 34.5 Å². The Bertz CT molecular complexity index is 461. The molecule has 0 saturated carbocycles. The molecule has 0 unspecified atom stereocenters. The Kier molecular flexibility index (Phi) is 3.92. The highest BCUT2D eigenvalue weighted by Crippen LogP contribution is 2.35. The van der Waals surface area contributed by atoms with Gasteiger partial charge in [0.1, 0.15) is 6.10 Å². The van der Waals surface area contributed by atoms with Gasteiger partial charge in [0.25, 0.3) is 0 Å². The average molecular weight is 264 g/mol. The van der Waals surface area contributed by atoms with Crippen molar-refractivity contribution in [3.05, 3.63) is 35.5 Å². The van der Waals surface area contributed by atoms with Gasteiger partial charge in [-0.05, 0) is 20.3 Å². The first-order chi connectivity index (χ1) is 8.88. The van der Waals surface area contributed by atoms with Crippen LogP contribution in [-0.2, 0) is 9.53 Å². The van der Waals surface area contributed by atoms with Gasteiger partial charge in [0.05, 0.1) is 18.1 Å². The maximum Gasteiger partial charge on any atom is 0.334 e. The van der Waals surface area contributed by atoms with Gasteiger partial charge < -0.3 is 14.9 Å². The second-order valence-corrected chi connectivity index (χ2v) is 5.49. The molecule has 2 N–H and O–H groups in total. The predicted molar refractivity (Wildman–Crippen MR) is 71.3 cm³/mol. The third kappa shape index (κ3) is 2.96. The summed E-state index contributed by atoms with van der Waals surface area (Å²) in [5.41, 5.74) is 2.17. The van der Waals surface area contributed by atoms with Crippen LogP contribution in [0.15, 0.2) is 35.5 Å². The van der Waals surface area contributed by atoms with Gasteiger partial charge in [-0.3, -0.25) is 0 Å². The van der Waals surface area contributed by atoms with Crippen molar-refractivity contribution >= 4 is 5.97 Å². The molecule has 0 aromatic heterocycles. The van der Waals surface area contributed by atoms with Crippen molar-refractivity contribution in [2.45, 2.75) is 45.0 Å². The van der Waals surface area contributed by atoms with Gasteiger partial charge in [0.2, 0.25) is 0 Å². The van der Waals surface area contributed by atoms with E-state index in [0.29, 0.717) is 18.4 Å². The molecular weight excluding hydrogens is 244 g/mol. The van der Waals surface area contributed by atoms with E-state index in [0.717, 1.165) is 11.1 Å². The number of rotatable bonds is 0. The summed E-state index contributed by atoms with van der Waals surface area (Å²) < 4.78 is 5.28. The Morgan fingerprint density at radius 2 is 1.79 bits per heavy atom. The summed E-state index contributed by atoms with van der Waals surface area (Å²) in [4.78, 5) is 11.6. The van der Waals surface area contributed by atoms with E-state index < -0.39 is 18.2 Å². The number of esters is 1. The van der Waals surface area contributed by atoms with Crippen LogP contribution in [0.25, 0.3) is 0 Å². The monoisotopic (exact) mass is 264 g/mol. The second-order valence-electron chi connectivity index (χ2n) is 5.49. The van der Waals surface area contributed by atoms with E-state index in [1.54, 1.807) is 12.2 Å². The van der Waals surface area contributed by atoms with Gasteiger partial charge >= 0.3 is 5.97 Å². The Morgan fingerprint density at radius 1 is 1.21 bits per heavy atom. The Hall–Kier alpha value is -1.39. The molecule has 1 heterocycles. The van der Waals surface area contributed by atoms with Crippen LogP contribution in [0, 0.1) is 5.92 Å². The topological polar surface area (TPSA) is 66.8 Å². The largest absolute Gasteiger partial charge is 0.458 e. The summed E-state index contributed by atoms with van der Waals surface area (Å²) >= 11 is 0. The number of carbonyl (C=O) groups is 1. The molecule has 0 amide bonds. The van der Waals surface area contributed by atoms with E-state index >= 15 is 0 Å². The molecule has 0 aromatic rings. The molecule has 0 radical (unpaired) electrons. The number of fused-ring (bicyclic) bond motifs is 1. The smallest absolute Gasteiger partial charge is 0.334 e. The molecule has 1 fully saturated rings. The van der Waals surface area contributed by atoms with E-state index in [1.165, 1.54) is 0 Å². The molecule has 0 bridgehead atoms. The van der Waals surface area contributed by atoms with Crippen molar-refractivity contribution in [2.24, 2.45) is 5.92 Å². The quantitative estimate of drug-likeness (QED) is 0.395. The third-order valence-corrected chi connectivity index (χ3v) is 3.70. The van der Waals surface area contributed by atoms with Gasteiger partial charge in [-0.2, -0.15) is 0 Å². The molecule has 4 atom stereocenters. The maximum atomic E-state index is 11.6. The molecule has 19 heavy (non-hydrogen) atoms. The highest BCUT2D eigenvalue weighted by molar-refractivity contribution is 5.91. The summed E-state index contributed by atoms with van der Waals surface area (Å²) in [6.45, 7) is 7.47. The summed E-state index contributed by atoms with van der Waals surface area (Å²) in [5, 5.41) is 20.1. The normalized spacial score (nSPS) is 41.7. The zero-order chi connectivity index (χ0) is 14.2. The molecule has 0 spiro atoms. The second kappa shape index (κ2) is 5.31. The predicted octanol–water partition coefficient (Wildman–Crippen LogP) is 1.49. The van der Waals surface area contributed by atoms with Crippen LogP contribution in [0.2, 0.25) is 0 Å². The minimum absolute atomic E-state index is 0.347. The summed E-state index contributed by atoms with van der Waals surface area (Å²) in [6, 6.07) is 0. The first-order valence-corrected chi connectivity index (χ1v) is 6.49. The molecule has 104 valence electrons. The Balaban J connectivity index is 2.34. The lowest BCUT2D eigenvalue weighted by molar-refractivity contribution is -0.139. The van der Waals surface area contributed by atoms with Crippen LogP contribution in [0.5, 0.6) is 0 Å². The molecule has 0 aromatic carbocycles. The summed E-state index contributed by atoms with van der Waals surface area (Å²) in [6.07, 6.45) is 2.62. The zero-order valence-electron chi connectivity index (χ0n) is 11.3. The number of aliphatic hydroxyl groups excluding tert-OH is 2. The molecule has 2 rings (SSSR count). The van der Waals surface area contributed by atoms with Crippen molar-refractivity contribution in [2.75, 3.05) is 0 Å². The van der Waals surface area contributed by atoms with Crippen molar-refractivity contribution in [3.63, 3.8) is 0 Å². The molecular formula is C15H20O4. The molecule has 2 aliphatic rings. The first kappa shape index (κ1) is 14.0. The molecule has 4 nitrogen and oxygen atoms in total. The van der Waals surface area contributed by atoms with Crippen LogP contribution in [0.4, 0.5) is 0 Å². The molecule has 4 heteroatoms. The number of aliphatic hydroxyl groups is 2. The fourth-order valence-corrected chi connectivity index (χ4v) is 2.84. The van der Waals surface area contributed by atoms with Crippen molar-refractivity contribution in [3.8, 4) is 0 Å². The summed E-state index contributed by atoms with van der Waals surface area (Å²) in [7, 11) is 0. The van der Waals surface area contributed by atoms with Crippen LogP contribution >= 0.6 is 0 Å². The third-order valence-electron chi connectivity index (χ3n) is 3.70. The van der Waals surface area contributed by atoms with E-state index in [-0.39, 0.29) is 12.0 Å². The van der Waals surface area contributed by atoms with Crippen LogP contribution < -0.4 is 0 Å². The highest BCUT2D eigenvalue weighted by atomic mass is 16.6. The highest BCUT2D eigenvalue weighted by Gasteiger charge is 2.42. The SMILES string of the molecule is C=C1C(=O)O[C@H]2C/C(C)=C\[C@H](O)/C=C(\C)C[C@@H](O)[C@@H]12. The van der Waals surface area contributed by atoms with E-state index in [2.05, 4.69) is 6.58 Å². The molecule has 1 saturated heterocycles. The van der Waals surface area contributed by atoms with Gasteiger partial charge in [0, 0.05) is 12.0 Å². The lowest BCUT2D eigenvalue weighted by atomic mass is 9.84. The van der Waals surface area contributed by atoms with Crippen LogP contribution in [0.1, 0.15) is 26.7 Å². The standard InChI is InChI=1S/C15H20O4/c1-8-4-11(16)5-9(2)7-13-14(12(17)6-8)10(3)15(18)19-13/h4-5,11-14,16-17H,3,6-7H2,1-2H3/b8-4+,9-5-/t11-,12-,13+,14-/m1/s1.